The molecule has 0 amide bonds. The molecule has 0 saturated heterocycles. The molecular weight excluding hydrogens is 704 g/mol. The second-order valence-corrected chi connectivity index (χ2v) is 13.2. The van der Waals surface area contributed by atoms with Crippen molar-refractivity contribution in [1.29, 1.82) is 0 Å². The van der Waals surface area contributed by atoms with Crippen molar-refractivity contribution in [3.8, 4) is 5.75 Å². The van der Waals surface area contributed by atoms with Gasteiger partial charge in [-0.25, -0.2) is 9.79 Å². The van der Waals surface area contributed by atoms with E-state index in [4.69, 9.17) is 9.47 Å². The molecule has 0 radical (unpaired) electrons. The summed E-state index contributed by atoms with van der Waals surface area (Å²) in [6, 6.07) is 25.6. The van der Waals surface area contributed by atoms with Crippen molar-refractivity contribution in [3.05, 3.63) is 141 Å². The maximum Gasteiger partial charge on any atom is 0.338 e. The van der Waals surface area contributed by atoms with Crippen LogP contribution in [-0.4, -0.2) is 17.1 Å². The van der Waals surface area contributed by atoms with Gasteiger partial charge in [-0.15, -0.1) is 0 Å². The van der Waals surface area contributed by atoms with Crippen LogP contribution in [-0.2, 0) is 16.1 Å². The van der Waals surface area contributed by atoms with Crippen LogP contribution in [0, 0.1) is 6.92 Å². The van der Waals surface area contributed by atoms with Gasteiger partial charge in [-0.3, -0.25) is 9.36 Å². The lowest BCUT2D eigenvalue weighted by atomic mass is 9.95. The highest BCUT2D eigenvalue weighted by molar-refractivity contribution is 9.11. The highest BCUT2D eigenvalue weighted by Gasteiger charge is 2.33. The van der Waals surface area contributed by atoms with Gasteiger partial charge in [-0.1, -0.05) is 77.6 Å². The first-order chi connectivity index (χ1) is 21.2. The fraction of sp³-hybridized carbons (Fsp3) is 0.171. The Labute approximate surface area is 275 Å². The van der Waals surface area contributed by atoms with Crippen LogP contribution in [0.2, 0.25) is 0 Å². The summed E-state index contributed by atoms with van der Waals surface area (Å²) in [6.45, 7) is 6.18. The summed E-state index contributed by atoms with van der Waals surface area (Å²) in [4.78, 5) is 32.3. The predicted molar refractivity (Wildman–Crippen MR) is 182 cm³/mol. The van der Waals surface area contributed by atoms with E-state index in [9.17, 15) is 9.59 Å². The van der Waals surface area contributed by atoms with Gasteiger partial charge in [0.25, 0.3) is 5.56 Å². The largest absolute Gasteiger partial charge is 0.487 e. The number of rotatable bonds is 7. The van der Waals surface area contributed by atoms with Gasteiger partial charge < -0.3 is 9.47 Å². The number of thiazole rings is 1. The standard InChI is InChI=1S/C35H28Br2N2O4S/c1-4-42-34(41)30-21(3)38-35-39(31(30)25-12-9-20(2)10-13-25)33(40)29(44-35)18-23-16-27(36)32(28(37)17-23)43-19-22-11-14-24-7-5-6-8-26(24)15-22/h5-18,31H,4,19H2,1-3H3/b29-18+/t31-/m1/s1. The van der Waals surface area contributed by atoms with Crippen molar-refractivity contribution >= 4 is 66.0 Å². The molecule has 0 saturated carbocycles. The van der Waals surface area contributed by atoms with Gasteiger partial charge in [0.15, 0.2) is 4.80 Å². The van der Waals surface area contributed by atoms with Gasteiger partial charge in [-0.05, 0) is 104 Å². The highest BCUT2D eigenvalue weighted by Crippen LogP contribution is 2.36. The van der Waals surface area contributed by atoms with E-state index in [2.05, 4.69) is 67.2 Å². The lowest BCUT2D eigenvalue weighted by Gasteiger charge is -2.24. The average molecular weight is 732 g/mol. The lowest BCUT2D eigenvalue weighted by Crippen LogP contribution is -2.39. The molecule has 0 fully saturated rings. The molecule has 0 spiro atoms. The molecule has 44 heavy (non-hydrogen) atoms. The van der Waals surface area contributed by atoms with Gasteiger partial charge >= 0.3 is 5.97 Å². The number of carbonyl (C=O) groups excluding carboxylic acids is 1. The fourth-order valence-corrected chi connectivity index (χ4v) is 7.79. The van der Waals surface area contributed by atoms with E-state index in [0.717, 1.165) is 36.6 Å². The topological polar surface area (TPSA) is 69.9 Å². The zero-order valence-corrected chi connectivity index (χ0v) is 28.3. The maximum atomic E-state index is 13.9. The Morgan fingerprint density at radius 3 is 2.39 bits per heavy atom. The number of aromatic nitrogens is 1. The summed E-state index contributed by atoms with van der Waals surface area (Å²) in [5.41, 5.74) is 4.46. The van der Waals surface area contributed by atoms with Gasteiger partial charge in [0, 0.05) is 0 Å². The third-order valence-electron chi connectivity index (χ3n) is 7.43. The number of ether oxygens (including phenoxy) is 2. The summed E-state index contributed by atoms with van der Waals surface area (Å²) in [6.07, 6.45) is 1.84. The summed E-state index contributed by atoms with van der Waals surface area (Å²) >= 11 is 8.62. The van der Waals surface area contributed by atoms with E-state index in [0.29, 0.717) is 33.0 Å². The molecule has 9 heteroatoms. The first-order valence-corrected chi connectivity index (χ1v) is 16.5. The number of hydrogen-bond acceptors (Lipinski definition) is 6. The predicted octanol–water partition coefficient (Wildman–Crippen LogP) is 7.36. The van der Waals surface area contributed by atoms with Gasteiger partial charge in [-0.2, -0.15) is 0 Å². The van der Waals surface area contributed by atoms with E-state index in [-0.39, 0.29) is 12.2 Å². The monoisotopic (exact) mass is 730 g/mol. The Kier molecular flexibility index (Phi) is 8.71. The molecule has 2 heterocycles. The number of esters is 1. The molecule has 1 atom stereocenters. The SMILES string of the molecule is CCOC(=O)C1=C(C)N=c2s/c(=C/c3cc(Br)c(OCc4ccc5ccccc5c4)c(Br)c3)c(=O)n2[C@@H]1c1ccc(C)cc1. The first-order valence-electron chi connectivity index (χ1n) is 14.1. The van der Waals surface area contributed by atoms with Crippen LogP contribution in [0.3, 0.4) is 0 Å². The number of allylic oxidation sites excluding steroid dienone is 1. The van der Waals surface area contributed by atoms with E-state index < -0.39 is 12.0 Å². The number of benzene rings is 4. The number of carbonyl (C=O) groups is 1. The van der Waals surface area contributed by atoms with E-state index in [1.54, 1.807) is 18.4 Å². The maximum absolute atomic E-state index is 13.9. The average Bonchev–Trinajstić information content (AvgIpc) is 3.30. The number of hydrogen-bond donors (Lipinski definition) is 0. The van der Waals surface area contributed by atoms with Crippen LogP contribution >= 0.6 is 43.2 Å². The second-order valence-electron chi connectivity index (χ2n) is 10.5. The Bertz CT molecular complexity index is 2110. The molecule has 0 unspecified atom stereocenters. The summed E-state index contributed by atoms with van der Waals surface area (Å²) in [5.74, 6) is 0.201. The minimum atomic E-state index is -0.641. The van der Waals surface area contributed by atoms with E-state index >= 15 is 0 Å². The van der Waals surface area contributed by atoms with Crippen molar-refractivity contribution in [1.82, 2.24) is 4.57 Å². The van der Waals surface area contributed by atoms with Crippen molar-refractivity contribution in [2.45, 2.75) is 33.4 Å². The van der Waals surface area contributed by atoms with Crippen molar-refractivity contribution in [3.63, 3.8) is 0 Å². The molecule has 6 nitrogen and oxygen atoms in total. The molecule has 1 aliphatic rings. The minimum absolute atomic E-state index is 0.225. The molecule has 222 valence electrons. The van der Waals surface area contributed by atoms with Crippen molar-refractivity contribution in [2.75, 3.05) is 6.61 Å². The molecule has 4 aromatic carbocycles. The number of halogens is 2. The Morgan fingerprint density at radius 1 is 0.977 bits per heavy atom. The van der Waals surface area contributed by atoms with Gasteiger partial charge in [0.1, 0.15) is 12.4 Å². The lowest BCUT2D eigenvalue weighted by molar-refractivity contribution is -0.139. The molecular formula is C35H28Br2N2O4S. The van der Waals surface area contributed by atoms with Crippen LogP contribution in [0.25, 0.3) is 16.8 Å². The first kappa shape index (κ1) is 30.2. The highest BCUT2D eigenvalue weighted by atomic mass is 79.9. The second kappa shape index (κ2) is 12.7. The smallest absolute Gasteiger partial charge is 0.338 e. The number of nitrogens with zero attached hydrogens (tertiary/aromatic N) is 2. The van der Waals surface area contributed by atoms with Crippen LogP contribution in [0.1, 0.15) is 42.1 Å². The number of aryl methyl sites for hydroxylation is 1. The summed E-state index contributed by atoms with van der Waals surface area (Å²) in [5, 5.41) is 2.35. The Morgan fingerprint density at radius 2 is 1.68 bits per heavy atom. The van der Waals surface area contributed by atoms with Crippen LogP contribution in [0.5, 0.6) is 5.75 Å². The number of fused-ring (bicyclic) bond motifs is 2. The third kappa shape index (κ3) is 5.96. The quantitative estimate of drug-likeness (QED) is 0.164. The normalized spacial score (nSPS) is 14.8. The van der Waals surface area contributed by atoms with E-state index in [1.165, 1.54) is 16.7 Å². The molecule has 1 aromatic heterocycles. The van der Waals surface area contributed by atoms with Crippen LogP contribution in [0.15, 0.2) is 109 Å². The van der Waals surface area contributed by atoms with Crippen LogP contribution < -0.4 is 19.6 Å². The van der Waals surface area contributed by atoms with Crippen molar-refractivity contribution in [2.24, 2.45) is 4.99 Å². The molecule has 0 N–H and O–H groups in total. The molecule has 1 aliphatic heterocycles. The molecule has 5 aromatic rings. The fourth-order valence-electron chi connectivity index (χ4n) is 5.29. The molecule has 0 bridgehead atoms. The van der Waals surface area contributed by atoms with Gasteiger partial charge in [0.2, 0.25) is 0 Å². The third-order valence-corrected chi connectivity index (χ3v) is 9.59. The molecule has 6 rings (SSSR count). The zero-order chi connectivity index (χ0) is 31.0. The Hall–Kier alpha value is -3.79. The zero-order valence-electron chi connectivity index (χ0n) is 24.3. The van der Waals surface area contributed by atoms with Crippen LogP contribution in [0.4, 0.5) is 0 Å². The van der Waals surface area contributed by atoms with E-state index in [1.807, 2.05) is 61.5 Å². The summed E-state index contributed by atoms with van der Waals surface area (Å²) in [7, 11) is 0. The molecule has 0 aliphatic carbocycles. The Balaban J connectivity index is 1.35. The van der Waals surface area contributed by atoms with Gasteiger partial charge in [0.05, 0.1) is 37.4 Å². The van der Waals surface area contributed by atoms with Crippen molar-refractivity contribution < 1.29 is 14.3 Å². The minimum Gasteiger partial charge on any atom is -0.487 e. The summed E-state index contributed by atoms with van der Waals surface area (Å²) < 4.78 is 15.2.